The summed E-state index contributed by atoms with van der Waals surface area (Å²) >= 11 is 0. The van der Waals surface area contributed by atoms with Crippen molar-refractivity contribution in [1.29, 1.82) is 0 Å². The van der Waals surface area contributed by atoms with Crippen molar-refractivity contribution in [1.82, 2.24) is 15.5 Å². The molecule has 0 saturated carbocycles. The molecule has 0 aromatic carbocycles. The number of H-pyrrole nitrogens is 1. The van der Waals surface area contributed by atoms with E-state index in [2.05, 4.69) is 27.7 Å². The van der Waals surface area contributed by atoms with Crippen LogP contribution in [0.2, 0.25) is 0 Å². The Morgan fingerprint density at radius 1 is 1.69 bits per heavy atom. The first-order valence-electron chi connectivity index (χ1n) is 5.68. The smallest absolute Gasteiger partial charge is 0.220 e. The van der Waals surface area contributed by atoms with E-state index < -0.39 is 0 Å². The molecule has 86 valence electrons. The second-order valence-corrected chi connectivity index (χ2v) is 4.27. The van der Waals surface area contributed by atoms with Gasteiger partial charge in [0.1, 0.15) is 0 Å². The van der Waals surface area contributed by atoms with Gasteiger partial charge in [0.15, 0.2) is 0 Å². The van der Waals surface area contributed by atoms with Crippen LogP contribution in [0.4, 0.5) is 0 Å². The van der Waals surface area contributed by atoms with Gasteiger partial charge in [0.25, 0.3) is 0 Å². The minimum Gasteiger partial charge on any atom is -0.352 e. The maximum absolute atomic E-state index is 11.6. The quantitative estimate of drug-likeness (QED) is 0.757. The van der Waals surface area contributed by atoms with Gasteiger partial charge in [-0.2, -0.15) is 5.10 Å². The molecule has 1 aromatic rings. The molecule has 1 aromatic heterocycles. The summed E-state index contributed by atoms with van der Waals surface area (Å²) in [5.74, 6) is 0.558. The lowest BCUT2D eigenvalue weighted by Gasteiger charge is -2.08. The Morgan fingerprint density at radius 2 is 2.56 bits per heavy atom. The SMILES string of the molecule is Cc1[nH]ncc1CNC(=O)C[C@@H]1C=CCC1. The third-order valence-electron chi connectivity index (χ3n) is 2.97. The predicted octanol–water partition coefficient (Wildman–Crippen LogP) is 1.69. The van der Waals surface area contributed by atoms with Crippen molar-refractivity contribution in [3.63, 3.8) is 0 Å². The van der Waals surface area contributed by atoms with Crippen LogP contribution < -0.4 is 5.32 Å². The first kappa shape index (κ1) is 10.9. The summed E-state index contributed by atoms with van der Waals surface area (Å²) in [7, 11) is 0. The lowest BCUT2D eigenvalue weighted by atomic mass is 10.1. The standard InChI is InChI=1S/C12H17N3O/c1-9-11(8-14-15-9)7-13-12(16)6-10-4-2-3-5-10/h2,4,8,10H,3,5-7H2,1H3,(H,13,16)(H,14,15)/t10-/m1/s1. The van der Waals surface area contributed by atoms with Crippen molar-refractivity contribution in [3.8, 4) is 0 Å². The molecular weight excluding hydrogens is 202 g/mol. The first-order valence-corrected chi connectivity index (χ1v) is 5.68. The number of nitrogens with zero attached hydrogens (tertiary/aromatic N) is 1. The molecule has 1 heterocycles. The van der Waals surface area contributed by atoms with Crippen LogP contribution in [-0.2, 0) is 11.3 Å². The van der Waals surface area contributed by atoms with Crippen molar-refractivity contribution >= 4 is 5.91 Å². The molecule has 16 heavy (non-hydrogen) atoms. The van der Waals surface area contributed by atoms with E-state index in [1.807, 2.05) is 6.92 Å². The van der Waals surface area contributed by atoms with Crippen LogP contribution in [0, 0.1) is 12.8 Å². The maximum Gasteiger partial charge on any atom is 0.220 e. The highest BCUT2D eigenvalue weighted by molar-refractivity contribution is 5.76. The van der Waals surface area contributed by atoms with Crippen LogP contribution in [0.15, 0.2) is 18.3 Å². The van der Waals surface area contributed by atoms with E-state index in [1.165, 1.54) is 0 Å². The third kappa shape index (κ3) is 2.72. The fourth-order valence-corrected chi connectivity index (χ4v) is 1.92. The van der Waals surface area contributed by atoms with Crippen LogP contribution in [0.1, 0.15) is 30.5 Å². The van der Waals surface area contributed by atoms with Gasteiger partial charge in [0.2, 0.25) is 5.91 Å². The lowest BCUT2D eigenvalue weighted by Crippen LogP contribution is -2.24. The molecule has 0 radical (unpaired) electrons. The van der Waals surface area contributed by atoms with Gasteiger partial charge < -0.3 is 5.32 Å². The van der Waals surface area contributed by atoms with Crippen molar-refractivity contribution < 1.29 is 4.79 Å². The summed E-state index contributed by atoms with van der Waals surface area (Å²) in [6.07, 6.45) is 8.87. The number of hydrogen-bond donors (Lipinski definition) is 2. The fraction of sp³-hybridized carbons (Fsp3) is 0.500. The van der Waals surface area contributed by atoms with Crippen molar-refractivity contribution in [3.05, 3.63) is 29.6 Å². The summed E-state index contributed by atoms with van der Waals surface area (Å²) in [6.45, 7) is 2.52. The van der Waals surface area contributed by atoms with Gasteiger partial charge in [0.05, 0.1) is 6.20 Å². The summed E-state index contributed by atoms with van der Waals surface area (Å²) in [4.78, 5) is 11.6. The number of carbonyl (C=O) groups is 1. The second kappa shape index (κ2) is 4.96. The number of allylic oxidation sites excluding steroid dienone is 2. The molecular formula is C12H17N3O. The minimum atomic E-state index is 0.122. The molecule has 1 aliphatic carbocycles. The Bertz CT molecular complexity index is 395. The molecule has 4 heteroatoms. The Kier molecular flexibility index (Phi) is 3.39. The Balaban J connectivity index is 1.75. The van der Waals surface area contributed by atoms with Crippen LogP contribution in [0.3, 0.4) is 0 Å². The number of aromatic nitrogens is 2. The number of aryl methyl sites for hydroxylation is 1. The molecule has 1 aliphatic rings. The molecule has 1 amide bonds. The molecule has 0 fully saturated rings. The van der Waals surface area contributed by atoms with Gasteiger partial charge in [0, 0.05) is 24.2 Å². The van der Waals surface area contributed by atoms with E-state index in [4.69, 9.17) is 0 Å². The summed E-state index contributed by atoms with van der Waals surface area (Å²) in [5, 5.41) is 9.69. The number of amides is 1. The van der Waals surface area contributed by atoms with E-state index in [0.29, 0.717) is 18.9 Å². The van der Waals surface area contributed by atoms with E-state index >= 15 is 0 Å². The Morgan fingerprint density at radius 3 is 3.19 bits per heavy atom. The Hall–Kier alpha value is -1.58. The zero-order chi connectivity index (χ0) is 11.4. The monoisotopic (exact) mass is 219 g/mol. The molecule has 0 aliphatic heterocycles. The first-order chi connectivity index (χ1) is 7.75. The molecule has 4 nitrogen and oxygen atoms in total. The maximum atomic E-state index is 11.6. The number of nitrogens with one attached hydrogen (secondary N) is 2. The number of hydrogen-bond acceptors (Lipinski definition) is 2. The highest BCUT2D eigenvalue weighted by Crippen LogP contribution is 2.20. The molecule has 0 bridgehead atoms. The van der Waals surface area contributed by atoms with E-state index in [-0.39, 0.29) is 5.91 Å². The van der Waals surface area contributed by atoms with Gasteiger partial charge in [-0.05, 0) is 25.7 Å². The fourth-order valence-electron chi connectivity index (χ4n) is 1.92. The van der Waals surface area contributed by atoms with Crippen molar-refractivity contribution in [2.24, 2.45) is 5.92 Å². The zero-order valence-electron chi connectivity index (χ0n) is 9.49. The lowest BCUT2D eigenvalue weighted by molar-refractivity contribution is -0.121. The van der Waals surface area contributed by atoms with E-state index in [0.717, 1.165) is 24.1 Å². The minimum absolute atomic E-state index is 0.122. The molecule has 2 rings (SSSR count). The van der Waals surface area contributed by atoms with Crippen LogP contribution in [0.25, 0.3) is 0 Å². The van der Waals surface area contributed by atoms with Gasteiger partial charge in [-0.15, -0.1) is 0 Å². The van der Waals surface area contributed by atoms with Crippen molar-refractivity contribution in [2.75, 3.05) is 0 Å². The number of aromatic amines is 1. The van der Waals surface area contributed by atoms with Crippen LogP contribution >= 0.6 is 0 Å². The van der Waals surface area contributed by atoms with Crippen LogP contribution in [0.5, 0.6) is 0 Å². The van der Waals surface area contributed by atoms with Gasteiger partial charge in [-0.3, -0.25) is 9.89 Å². The van der Waals surface area contributed by atoms with Crippen LogP contribution in [-0.4, -0.2) is 16.1 Å². The number of carbonyl (C=O) groups excluding carboxylic acids is 1. The Labute approximate surface area is 95.1 Å². The second-order valence-electron chi connectivity index (χ2n) is 4.27. The zero-order valence-corrected chi connectivity index (χ0v) is 9.49. The van der Waals surface area contributed by atoms with E-state index in [1.54, 1.807) is 6.20 Å². The molecule has 1 atom stereocenters. The normalized spacial score (nSPS) is 18.9. The highest BCUT2D eigenvalue weighted by atomic mass is 16.1. The molecule has 0 saturated heterocycles. The van der Waals surface area contributed by atoms with Gasteiger partial charge in [-0.25, -0.2) is 0 Å². The number of rotatable bonds is 4. The summed E-state index contributed by atoms with van der Waals surface area (Å²) < 4.78 is 0. The van der Waals surface area contributed by atoms with Crippen molar-refractivity contribution in [2.45, 2.75) is 32.7 Å². The summed E-state index contributed by atoms with van der Waals surface area (Å²) in [5.41, 5.74) is 2.07. The molecule has 0 spiro atoms. The molecule has 0 unspecified atom stereocenters. The average Bonchev–Trinajstić information content (AvgIpc) is 2.87. The summed E-state index contributed by atoms with van der Waals surface area (Å²) in [6, 6.07) is 0. The average molecular weight is 219 g/mol. The van der Waals surface area contributed by atoms with Gasteiger partial charge in [-0.1, -0.05) is 12.2 Å². The third-order valence-corrected chi connectivity index (χ3v) is 2.97. The highest BCUT2D eigenvalue weighted by Gasteiger charge is 2.13. The largest absolute Gasteiger partial charge is 0.352 e. The van der Waals surface area contributed by atoms with Gasteiger partial charge >= 0.3 is 0 Å². The topological polar surface area (TPSA) is 57.8 Å². The molecule has 2 N–H and O–H groups in total. The predicted molar refractivity (Wildman–Crippen MR) is 61.7 cm³/mol. The van der Waals surface area contributed by atoms with E-state index in [9.17, 15) is 4.79 Å².